The highest BCUT2D eigenvalue weighted by molar-refractivity contribution is 6.40. The molecule has 0 N–H and O–H groups in total. The molecule has 86 heavy (non-hydrogen) atoms. The van der Waals surface area contributed by atoms with Crippen molar-refractivity contribution in [3.8, 4) is 33.6 Å². The van der Waals surface area contributed by atoms with Gasteiger partial charge in [-0.3, -0.25) is 4.40 Å². The third kappa shape index (κ3) is 6.63. The molecule has 0 unspecified atom stereocenters. The van der Waals surface area contributed by atoms with Crippen LogP contribution < -0.4 is 0 Å². The predicted molar refractivity (Wildman–Crippen MR) is 367 cm³/mol. The van der Waals surface area contributed by atoms with Crippen molar-refractivity contribution in [1.82, 2.24) is 22.9 Å². The third-order valence-electron chi connectivity index (χ3n) is 19.4. The number of benzene rings is 11. The van der Waals surface area contributed by atoms with Gasteiger partial charge in [0.1, 0.15) is 5.65 Å². The quantitative estimate of drug-likeness (QED) is 0.173. The van der Waals surface area contributed by atoms with E-state index in [1.807, 2.05) is 0 Å². The Hall–Kier alpha value is -9.97. The van der Waals surface area contributed by atoms with E-state index in [4.69, 9.17) is 4.98 Å². The van der Waals surface area contributed by atoms with Crippen LogP contribution in [0.15, 0.2) is 219 Å². The van der Waals surface area contributed by atoms with E-state index in [-0.39, 0.29) is 16.2 Å². The Morgan fingerprint density at radius 2 is 0.721 bits per heavy atom. The Balaban J connectivity index is 0.993. The van der Waals surface area contributed by atoms with E-state index in [0.717, 1.165) is 22.5 Å². The molecule has 0 amide bonds. The summed E-state index contributed by atoms with van der Waals surface area (Å²) in [5.41, 5.74) is 22.5. The summed E-state index contributed by atoms with van der Waals surface area (Å²) in [6, 6.07) is 80.4. The van der Waals surface area contributed by atoms with Gasteiger partial charge in [-0.15, -0.1) is 0 Å². The largest absolute Gasteiger partial charge is 0.309 e. The van der Waals surface area contributed by atoms with Gasteiger partial charge >= 0.3 is 0 Å². The van der Waals surface area contributed by atoms with Crippen LogP contribution in [0.5, 0.6) is 0 Å². The first-order chi connectivity index (χ1) is 41.6. The van der Waals surface area contributed by atoms with Crippen molar-refractivity contribution in [3.05, 3.63) is 235 Å². The fraction of sp³-hybridized carbons (Fsp3) is 0.148. The van der Waals surface area contributed by atoms with Crippen molar-refractivity contribution in [2.45, 2.75) is 78.6 Å². The van der Waals surface area contributed by atoms with Crippen LogP contribution in [-0.2, 0) is 16.2 Å². The van der Waals surface area contributed by atoms with Crippen LogP contribution in [0, 0.1) is 0 Å². The molecule has 0 atom stereocenters. The maximum absolute atomic E-state index is 5.86. The summed E-state index contributed by atoms with van der Waals surface area (Å²) in [6.45, 7) is 21.2. The van der Waals surface area contributed by atoms with Gasteiger partial charge in [-0.05, 0) is 158 Å². The molecule has 0 aliphatic heterocycles. The molecular formula is C81H63N5. The van der Waals surface area contributed by atoms with E-state index in [1.54, 1.807) is 0 Å². The van der Waals surface area contributed by atoms with Crippen LogP contribution in [-0.4, -0.2) is 22.9 Å². The van der Waals surface area contributed by atoms with Crippen LogP contribution in [0.2, 0.25) is 0 Å². The lowest BCUT2D eigenvalue weighted by Gasteiger charge is -2.22. The van der Waals surface area contributed by atoms with Crippen molar-refractivity contribution in [2.24, 2.45) is 0 Å². The number of nitrogens with zero attached hydrogens (tertiary/aromatic N) is 5. The molecule has 7 aromatic heterocycles. The Labute approximate surface area is 498 Å². The molecule has 18 aromatic rings. The maximum Gasteiger partial charge on any atom is 0.146 e. The van der Waals surface area contributed by atoms with Gasteiger partial charge < -0.3 is 13.5 Å². The fourth-order valence-electron chi connectivity index (χ4n) is 15.2. The summed E-state index contributed by atoms with van der Waals surface area (Å²) < 4.78 is 10.0. The van der Waals surface area contributed by atoms with E-state index in [9.17, 15) is 0 Å². The minimum atomic E-state index is -0.141. The van der Waals surface area contributed by atoms with Gasteiger partial charge in [-0.2, -0.15) is 0 Å². The number of para-hydroxylation sites is 4. The molecule has 0 aliphatic carbocycles. The normalized spacial score (nSPS) is 13.2. The number of rotatable bonds is 4. The van der Waals surface area contributed by atoms with Crippen molar-refractivity contribution in [3.63, 3.8) is 0 Å². The minimum Gasteiger partial charge on any atom is -0.309 e. The molecule has 412 valence electrons. The highest BCUT2D eigenvalue weighted by Gasteiger charge is 2.32. The van der Waals surface area contributed by atoms with Crippen molar-refractivity contribution in [1.29, 1.82) is 0 Å². The second-order valence-electron chi connectivity index (χ2n) is 27.6. The summed E-state index contributed by atoms with van der Waals surface area (Å²) in [6.07, 6.45) is 2.22. The summed E-state index contributed by atoms with van der Waals surface area (Å²) in [5, 5.41) is 17.5. The molecule has 0 saturated heterocycles. The van der Waals surface area contributed by atoms with Crippen molar-refractivity contribution >= 4 is 131 Å². The van der Waals surface area contributed by atoms with Crippen LogP contribution in [0.1, 0.15) is 79.0 Å². The number of aromatic nitrogens is 5. The molecule has 0 fully saturated rings. The highest BCUT2D eigenvalue weighted by atomic mass is 15.0. The topological polar surface area (TPSA) is 31.6 Å². The first-order valence-corrected chi connectivity index (χ1v) is 30.5. The average molecular weight is 1110 g/mol. The van der Waals surface area contributed by atoms with Crippen LogP contribution in [0.3, 0.4) is 0 Å². The molecule has 0 bridgehead atoms. The first kappa shape index (κ1) is 49.5. The molecular weight excluding hydrogens is 1040 g/mol. The van der Waals surface area contributed by atoms with Gasteiger partial charge in [0.15, 0.2) is 0 Å². The molecule has 5 heteroatoms. The standard InChI is InChI=1S/C81H63N5/c1-79(2,3)49-39-57(47-32-34-68-59(36-47)55-28-18-20-30-66(55)83(68)52-23-12-10-13-24-52)74-62(41-49)61-38-46-22-16-17-27-54(46)71-73-70(85(74)77(61)71)45-82-78-72(73)65-44-51(81(7,8)9)43-64-63-42-50(80(4,5)6)40-58(75(63)86(78)76(64)65)48-33-35-69-60(37-48)56-29-19-21-31-67(56)84(69)53-25-14-11-15-26-53/h10-45H,1-9H3. The van der Waals surface area contributed by atoms with Crippen LogP contribution >= 0.6 is 0 Å². The molecule has 0 aliphatic rings. The van der Waals surface area contributed by atoms with E-state index in [0.29, 0.717) is 0 Å². The van der Waals surface area contributed by atoms with Crippen molar-refractivity contribution < 1.29 is 0 Å². The summed E-state index contributed by atoms with van der Waals surface area (Å²) in [7, 11) is 0. The Morgan fingerprint density at radius 1 is 0.291 bits per heavy atom. The van der Waals surface area contributed by atoms with Crippen LogP contribution in [0.25, 0.3) is 164 Å². The van der Waals surface area contributed by atoms with Gasteiger partial charge in [0.2, 0.25) is 0 Å². The summed E-state index contributed by atoms with van der Waals surface area (Å²) in [5.74, 6) is 0. The third-order valence-corrected chi connectivity index (χ3v) is 19.4. The number of pyridine rings is 1. The van der Waals surface area contributed by atoms with Crippen molar-refractivity contribution in [2.75, 3.05) is 0 Å². The zero-order chi connectivity index (χ0) is 58.0. The molecule has 0 radical (unpaired) electrons. The second-order valence-corrected chi connectivity index (χ2v) is 27.6. The highest BCUT2D eigenvalue weighted by Crippen LogP contribution is 2.53. The number of hydrogen-bond donors (Lipinski definition) is 0. The number of fused-ring (bicyclic) bond motifs is 21. The molecule has 18 rings (SSSR count). The molecule has 5 nitrogen and oxygen atoms in total. The van der Waals surface area contributed by atoms with Crippen LogP contribution in [0.4, 0.5) is 0 Å². The molecule has 0 saturated carbocycles. The smallest absolute Gasteiger partial charge is 0.146 e. The Bertz CT molecular complexity index is 5920. The van der Waals surface area contributed by atoms with Gasteiger partial charge in [0.05, 0.1) is 55.8 Å². The Kier molecular flexibility index (Phi) is 9.71. The molecule has 11 aromatic carbocycles. The lowest BCUT2D eigenvalue weighted by atomic mass is 9.83. The lowest BCUT2D eigenvalue weighted by Crippen LogP contribution is -2.11. The zero-order valence-corrected chi connectivity index (χ0v) is 50.0. The molecule has 0 spiro atoms. The van der Waals surface area contributed by atoms with E-state index in [2.05, 4.69) is 299 Å². The Morgan fingerprint density at radius 3 is 1.26 bits per heavy atom. The van der Waals surface area contributed by atoms with Gasteiger partial charge in [0.25, 0.3) is 0 Å². The zero-order valence-electron chi connectivity index (χ0n) is 50.0. The monoisotopic (exact) mass is 1110 g/mol. The van der Waals surface area contributed by atoms with E-state index < -0.39 is 0 Å². The second kappa shape index (κ2) is 16.9. The fourth-order valence-corrected chi connectivity index (χ4v) is 15.2. The SMILES string of the molecule is CC(C)(C)c1cc(-c2ccc3c(c2)c2ccccc2n3-c2ccccc2)c2c(c1)c1cc3ccccc3c3c4c5c6cc(C(C)(C)C)cc7c8cc(C(C)(C)C)cc(-c9ccc%10c(c9)c9ccccc9n%10-c9ccccc9)c8n(c5ncc4n2c13)c76. The minimum absolute atomic E-state index is 0.117. The van der Waals surface area contributed by atoms with E-state index in [1.165, 1.54) is 158 Å². The van der Waals surface area contributed by atoms with Gasteiger partial charge in [-0.25, -0.2) is 4.98 Å². The molecule has 7 heterocycles. The first-order valence-electron chi connectivity index (χ1n) is 30.5. The number of hydrogen-bond acceptors (Lipinski definition) is 1. The average Bonchev–Trinajstić information content (AvgIpc) is 1.52. The maximum atomic E-state index is 5.86. The van der Waals surface area contributed by atoms with E-state index >= 15 is 0 Å². The lowest BCUT2D eigenvalue weighted by molar-refractivity contribution is 0.591. The summed E-state index contributed by atoms with van der Waals surface area (Å²) >= 11 is 0. The summed E-state index contributed by atoms with van der Waals surface area (Å²) in [4.78, 5) is 5.86. The van der Waals surface area contributed by atoms with Gasteiger partial charge in [0, 0.05) is 87.1 Å². The predicted octanol–water partition coefficient (Wildman–Crippen LogP) is 22.0. The van der Waals surface area contributed by atoms with Gasteiger partial charge in [-0.1, -0.05) is 172 Å².